The third-order valence-electron chi connectivity index (χ3n) is 2.33. The third-order valence-corrected chi connectivity index (χ3v) is 2.81. The number of aliphatic imine (C=N–C) groups is 1. The van der Waals surface area contributed by atoms with Gasteiger partial charge in [0.1, 0.15) is 5.75 Å². The van der Waals surface area contributed by atoms with E-state index in [1.165, 1.54) is 7.05 Å². The molecule has 8 heteroatoms. The fraction of sp³-hybridized carbons (Fsp3) is 0.417. The molecule has 0 heterocycles. The smallest absolute Gasteiger partial charge is 0.298 e. The highest BCUT2D eigenvalue weighted by Gasteiger charge is 2.05. The van der Waals surface area contributed by atoms with Crippen molar-refractivity contribution in [3.05, 3.63) is 29.8 Å². The van der Waals surface area contributed by atoms with Crippen LogP contribution in [-0.4, -0.2) is 34.6 Å². The lowest BCUT2D eigenvalue weighted by atomic mass is 10.2. The molecule has 0 aliphatic rings. The molecule has 4 N–H and O–H groups in total. The Labute approximate surface area is 119 Å². The summed E-state index contributed by atoms with van der Waals surface area (Å²) < 4.78 is 29.3. The molecule has 1 aromatic carbocycles. The van der Waals surface area contributed by atoms with E-state index in [9.17, 15) is 8.42 Å². The van der Waals surface area contributed by atoms with Crippen molar-refractivity contribution in [1.82, 2.24) is 10.0 Å². The van der Waals surface area contributed by atoms with E-state index in [4.69, 9.17) is 9.88 Å². The molecule has 0 unspecified atom stereocenters. The maximum Gasteiger partial charge on any atom is 0.298 e. The molecule has 0 bridgehead atoms. The molecule has 0 saturated heterocycles. The molecule has 0 atom stereocenters. The second-order valence-electron chi connectivity index (χ2n) is 4.16. The molecular weight excluding hydrogens is 280 g/mol. The zero-order chi connectivity index (χ0) is 15.0. The van der Waals surface area contributed by atoms with E-state index in [0.717, 1.165) is 11.3 Å². The van der Waals surface area contributed by atoms with Gasteiger partial charge in [-0.15, -0.1) is 0 Å². The molecule has 112 valence electrons. The molecule has 0 aliphatic heterocycles. The first-order chi connectivity index (χ1) is 9.40. The molecule has 1 aromatic rings. The van der Waals surface area contributed by atoms with Crippen LogP contribution in [0.4, 0.5) is 0 Å². The zero-order valence-corrected chi connectivity index (χ0v) is 12.4. The van der Waals surface area contributed by atoms with Crippen LogP contribution in [0, 0.1) is 6.92 Å². The zero-order valence-electron chi connectivity index (χ0n) is 11.6. The highest BCUT2D eigenvalue weighted by Crippen LogP contribution is 2.12. The fourth-order valence-electron chi connectivity index (χ4n) is 1.47. The van der Waals surface area contributed by atoms with Gasteiger partial charge in [-0.2, -0.15) is 8.42 Å². The van der Waals surface area contributed by atoms with E-state index < -0.39 is 10.2 Å². The fourth-order valence-corrected chi connectivity index (χ4v) is 1.90. The summed E-state index contributed by atoms with van der Waals surface area (Å²) in [5.74, 6) is 0.931. The van der Waals surface area contributed by atoms with Gasteiger partial charge in [0.2, 0.25) is 5.96 Å². The summed E-state index contributed by atoms with van der Waals surface area (Å²) in [4.78, 5) is 3.74. The Morgan fingerprint density at radius 3 is 2.80 bits per heavy atom. The van der Waals surface area contributed by atoms with Crippen LogP contribution < -0.4 is 19.9 Å². The lowest BCUT2D eigenvalue weighted by molar-refractivity contribution is 0.311. The van der Waals surface area contributed by atoms with Gasteiger partial charge in [-0.05, 0) is 31.0 Å². The predicted octanol–water partition coefficient (Wildman–Crippen LogP) is 0.132. The quantitative estimate of drug-likeness (QED) is 0.394. The average molecular weight is 300 g/mol. The van der Waals surface area contributed by atoms with E-state index in [-0.39, 0.29) is 5.96 Å². The first kappa shape index (κ1) is 16.3. The van der Waals surface area contributed by atoms with E-state index >= 15 is 0 Å². The van der Waals surface area contributed by atoms with Crippen LogP contribution in [0.3, 0.4) is 0 Å². The number of hydrogen-bond acceptors (Lipinski definition) is 4. The molecule has 0 amide bonds. The predicted molar refractivity (Wildman–Crippen MR) is 78.9 cm³/mol. The topological polar surface area (TPSA) is 106 Å². The van der Waals surface area contributed by atoms with Crippen LogP contribution in [0.2, 0.25) is 0 Å². The van der Waals surface area contributed by atoms with E-state index in [0.29, 0.717) is 19.6 Å². The van der Waals surface area contributed by atoms with Crippen molar-refractivity contribution in [2.45, 2.75) is 13.3 Å². The van der Waals surface area contributed by atoms with Crippen LogP contribution in [0.1, 0.15) is 12.0 Å². The van der Waals surface area contributed by atoms with Crippen LogP contribution in [0.5, 0.6) is 5.75 Å². The van der Waals surface area contributed by atoms with Crippen LogP contribution in [0.15, 0.2) is 29.3 Å². The summed E-state index contributed by atoms with van der Waals surface area (Å²) in [7, 11) is -2.34. The summed E-state index contributed by atoms with van der Waals surface area (Å²) in [6.45, 7) is 3.03. The largest absolute Gasteiger partial charge is 0.494 e. The van der Waals surface area contributed by atoms with Crippen LogP contribution >= 0.6 is 0 Å². The van der Waals surface area contributed by atoms with Crippen molar-refractivity contribution in [2.75, 3.05) is 20.2 Å². The number of guanidine groups is 1. The average Bonchev–Trinajstić information content (AvgIpc) is 2.35. The molecule has 20 heavy (non-hydrogen) atoms. The maximum absolute atomic E-state index is 10.8. The minimum absolute atomic E-state index is 0.114. The summed E-state index contributed by atoms with van der Waals surface area (Å²) in [5, 5.41) is 7.67. The highest BCUT2D eigenvalue weighted by molar-refractivity contribution is 7.87. The second kappa shape index (κ2) is 7.71. The van der Waals surface area contributed by atoms with E-state index in [1.807, 2.05) is 31.2 Å². The van der Waals surface area contributed by atoms with Crippen molar-refractivity contribution in [2.24, 2.45) is 10.1 Å². The molecule has 0 radical (unpaired) electrons. The van der Waals surface area contributed by atoms with Crippen LogP contribution in [-0.2, 0) is 10.2 Å². The van der Waals surface area contributed by atoms with Gasteiger partial charge in [0.15, 0.2) is 0 Å². The Balaban J connectivity index is 2.25. The molecule has 1 rings (SSSR count). The Morgan fingerprint density at radius 2 is 2.20 bits per heavy atom. The van der Waals surface area contributed by atoms with Crippen molar-refractivity contribution >= 4 is 16.2 Å². The van der Waals surface area contributed by atoms with E-state index in [2.05, 4.69) is 15.0 Å². The van der Waals surface area contributed by atoms with Gasteiger partial charge in [-0.1, -0.05) is 12.1 Å². The molecular formula is C12H20N4O3S. The summed E-state index contributed by atoms with van der Waals surface area (Å²) >= 11 is 0. The molecule has 0 aliphatic carbocycles. The standard InChI is InChI=1S/C12H20N4O3S/c1-10-5-3-6-11(9-10)19-8-4-7-15-12(14-2)16-20(13,17)18/h3,5-6,9H,4,7-8H2,1-2H3,(H2,13,17,18)(H2,14,15,16). The Morgan fingerprint density at radius 1 is 1.45 bits per heavy atom. The normalized spacial score (nSPS) is 12.1. The second-order valence-corrected chi connectivity index (χ2v) is 5.46. The van der Waals surface area contributed by atoms with E-state index in [1.54, 1.807) is 0 Å². The Kier molecular flexibility index (Phi) is 6.26. The number of nitrogens with one attached hydrogen (secondary N) is 2. The number of rotatable bonds is 6. The van der Waals surface area contributed by atoms with Crippen molar-refractivity contribution in [3.8, 4) is 5.75 Å². The Bertz CT molecular complexity index is 558. The SMILES string of the molecule is CN=C(NCCCOc1cccc(C)c1)NS(N)(=O)=O. The number of aryl methyl sites for hydroxylation is 1. The van der Waals surface area contributed by atoms with Gasteiger partial charge in [-0.3, -0.25) is 4.99 Å². The van der Waals surface area contributed by atoms with Gasteiger partial charge in [0.05, 0.1) is 6.61 Å². The minimum Gasteiger partial charge on any atom is -0.494 e. The number of nitrogens with two attached hydrogens (primary N) is 1. The first-order valence-electron chi connectivity index (χ1n) is 6.11. The first-order valence-corrected chi connectivity index (χ1v) is 7.66. The number of hydrogen-bond donors (Lipinski definition) is 3. The molecule has 7 nitrogen and oxygen atoms in total. The highest BCUT2D eigenvalue weighted by atomic mass is 32.2. The lowest BCUT2D eigenvalue weighted by Crippen LogP contribution is -2.44. The third kappa shape index (κ3) is 6.95. The van der Waals surface area contributed by atoms with Gasteiger partial charge in [0, 0.05) is 13.6 Å². The molecule has 0 aromatic heterocycles. The van der Waals surface area contributed by atoms with Crippen LogP contribution in [0.25, 0.3) is 0 Å². The lowest BCUT2D eigenvalue weighted by Gasteiger charge is -2.10. The number of nitrogens with zero attached hydrogens (tertiary/aromatic N) is 1. The molecule has 0 saturated carbocycles. The van der Waals surface area contributed by atoms with Gasteiger partial charge in [0.25, 0.3) is 10.2 Å². The minimum atomic E-state index is -3.80. The summed E-state index contributed by atoms with van der Waals surface area (Å²) in [5.41, 5.74) is 1.14. The monoisotopic (exact) mass is 300 g/mol. The molecule has 0 fully saturated rings. The number of benzene rings is 1. The molecule has 0 spiro atoms. The van der Waals surface area contributed by atoms with Gasteiger partial charge >= 0.3 is 0 Å². The Hall–Kier alpha value is -1.80. The summed E-state index contributed by atoms with van der Waals surface area (Å²) in [6, 6.07) is 7.77. The van der Waals surface area contributed by atoms with Crippen molar-refractivity contribution < 1.29 is 13.2 Å². The van der Waals surface area contributed by atoms with Gasteiger partial charge < -0.3 is 10.1 Å². The number of ether oxygens (including phenoxy) is 1. The maximum atomic E-state index is 10.8. The van der Waals surface area contributed by atoms with Crippen molar-refractivity contribution in [1.29, 1.82) is 0 Å². The van der Waals surface area contributed by atoms with Gasteiger partial charge in [-0.25, -0.2) is 9.86 Å². The van der Waals surface area contributed by atoms with Crippen molar-refractivity contribution in [3.63, 3.8) is 0 Å². The summed E-state index contributed by atoms with van der Waals surface area (Å²) in [6.07, 6.45) is 0.694.